The van der Waals surface area contributed by atoms with E-state index in [4.69, 9.17) is 16.3 Å². The molecule has 0 atom stereocenters. The van der Waals surface area contributed by atoms with Crippen LogP contribution in [0.3, 0.4) is 0 Å². The first kappa shape index (κ1) is 12.1. The number of methoxy groups -OCH3 is 1. The normalized spacial score (nSPS) is 22.9. The lowest BCUT2D eigenvalue weighted by Gasteiger charge is -2.35. The van der Waals surface area contributed by atoms with E-state index >= 15 is 0 Å². The molecule has 1 N–H and O–H groups in total. The molecule has 2 rings (SSSR count). The second-order valence-electron chi connectivity index (χ2n) is 4.09. The zero-order valence-electron chi connectivity index (χ0n) is 9.35. The fourth-order valence-electron chi connectivity index (χ4n) is 1.86. The Balaban J connectivity index is 1.99. The summed E-state index contributed by atoms with van der Waals surface area (Å²) in [4.78, 5) is 10.1. The lowest BCUT2D eigenvalue weighted by Crippen LogP contribution is -2.40. The molecule has 0 saturated heterocycles. The Hall–Kier alpha value is -1.33. The molecule has 0 radical (unpaired) electrons. The number of hydrogen-bond acceptors (Lipinski definition) is 4. The molecule has 0 aromatic heterocycles. The third-order valence-electron chi connectivity index (χ3n) is 2.94. The van der Waals surface area contributed by atoms with Crippen molar-refractivity contribution < 1.29 is 9.66 Å². The van der Waals surface area contributed by atoms with Gasteiger partial charge >= 0.3 is 0 Å². The largest absolute Gasteiger partial charge is 0.382 e. The van der Waals surface area contributed by atoms with Gasteiger partial charge in [0.25, 0.3) is 5.69 Å². The molecule has 1 aromatic carbocycles. The molecular weight excluding hydrogens is 244 g/mol. The summed E-state index contributed by atoms with van der Waals surface area (Å²) in [5.41, 5.74) is 0.737. The molecule has 0 bridgehead atoms. The van der Waals surface area contributed by atoms with Crippen molar-refractivity contribution in [2.45, 2.75) is 25.0 Å². The van der Waals surface area contributed by atoms with Crippen molar-refractivity contribution in [1.82, 2.24) is 0 Å². The van der Waals surface area contributed by atoms with Crippen LogP contribution in [0.4, 0.5) is 11.4 Å². The van der Waals surface area contributed by atoms with E-state index in [1.807, 2.05) is 0 Å². The molecular formula is C11H13ClN2O3. The van der Waals surface area contributed by atoms with E-state index in [1.54, 1.807) is 19.2 Å². The first-order chi connectivity index (χ1) is 8.10. The molecule has 92 valence electrons. The average molecular weight is 257 g/mol. The van der Waals surface area contributed by atoms with Gasteiger partial charge < -0.3 is 10.1 Å². The van der Waals surface area contributed by atoms with Gasteiger partial charge in [-0.15, -0.1) is 0 Å². The first-order valence-electron chi connectivity index (χ1n) is 5.33. The number of hydrogen-bond donors (Lipinski definition) is 1. The van der Waals surface area contributed by atoms with Crippen LogP contribution >= 0.6 is 11.6 Å². The predicted molar refractivity (Wildman–Crippen MR) is 65.5 cm³/mol. The topological polar surface area (TPSA) is 64.4 Å². The van der Waals surface area contributed by atoms with Crippen LogP contribution in [0, 0.1) is 10.1 Å². The number of nitro groups is 1. The van der Waals surface area contributed by atoms with Gasteiger partial charge in [0.1, 0.15) is 5.02 Å². The van der Waals surface area contributed by atoms with Gasteiger partial charge in [-0.25, -0.2) is 0 Å². The van der Waals surface area contributed by atoms with Crippen LogP contribution in [0.2, 0.25) is 5.02 Å². The van der Waals surface area contributed by atoms with E-state index < -0.39 is 4.92 Å². The fourth-order valence-corrected chi connectivity index (χ4v) is 2.11. The predicted octanol–water partition coefficient (Wildman–Crippen LogP) is 2.84. The first-order valence-corrected chi connectivity index (χ1v) is 5.71. The minimum Gasteiger partial charge on any atom is -0.382 e. The molecule has 1 aliphatic rings. The summed E-state index contributed by atoms with van der Waals surface area (Å²) in [7, 11) is 1.70. The van der Waals surface area contributed by atoms with Crippen LogP contribution in [0.1, 0.15) is 12.8 Å². The summed E-state index contributed by atoms with van der Waals surface area (Å²) in [6.45, 7) is 0. The molecule has 0 aliphatic heterocycles. The highest BCUT2D eigenvalue weighted by Gasteiger charge is 2.28. The zero-order valence-corrected chi connectivity index (χ0v) is 10.1. The van der Waals surface area contributed by atoms with Crippen LogP contribution < -0.4 is 5.32 Å². The number of halogens is 1. The Bertz CT molecular complexity index is 433. The van der Waals surface area contributed by atoms with E-state index in [0.717, 1.165) is 18.5 Å². The lowest BCUT2D eigenvalue weighted by atomic mass is 9.89. The Kier molecular flexibility index (Phi) is 3.49. The van der Waals surface area contributed by atoms with Crippen molar-refractivity contribution >= 4 is 23.0 Å². The van der Waals surface area contributed by atoms with Crippen LogP contribution in [0.15, 0.2) is 18.2 Å². The number of ether oxygens (including phenoxy) is 1. The van der Waals surface area contributed by atoms with Crippen molar-refractivity contribution in [3.63, 3.8) is 0 Å². The summed E-state index contributed by atoms with van der Waals surface area (Å²) < 4.78 is 5.17. The molecule has 0 amide bonds. The van der Waals surface area contributed by atoms with Crippen molar-refractivity contribution in [2.75, 3.05) is 12.4 Å². The van der Waals surface area contributed by atoms with Gasteiger partial charge in [0.05, 0.1) is 11.0 Å². The van der Waals surface area contributed by atoms with Gasteiger partial charge in [0, 0.05) is 24.9 Å². The van der Waals surface area contributed by atoms with Crippen molar-refractivity contribution in [3.8, 4) is 0 Å². The monoisotopic (exact) mass is 256 g/mol. The maximum Gasteiger partial charge on any atom is 0.288 e. The van der Waals surface area contributed by atoms with E-state index in [1.165, 1.54) is 6.07 Å². The Morgan fingerprint density at radius 3 is 2.76 bits per heavy atom. The molecule has 0 heterocycles. The van der Waals surface area contributed by atoms with Gasteiger partial charge in [-0.3, -0.25) is 10.1 Å². The summed E-state index contributed by atoms with van der Waals surface area (Å²) in [6, 6.07) is 5.03. The van der Waals surface area contributed by atoms with Gasteiger partial charge in [-0.2, -0.15) is 0 Å². The molecule has 5 nitrogen and oxygen atoms in total. The standard InChI is InChI=1S/C11H13ClN2O3/c1-17-9-4-8(5-9)13-7-2-3-11(14(15)16)10(12)6-7/h2-3,6,8-9,13H,4-5H2,1H3. The summed E-state index contributed by atoms with van der Waals surface area (Å²) >= 11 is 5.82. The van der Waals surface area contributed by atoms with E-state index in [2.05, 4.69) is 5.32 Å². The molecule has 0 spiro atoms. The maximum atomic E-state index is 10.6. The molecule has 1 fully saturated rings. The maximum absolute atomic E-state index is 10.6. The number of nitrogens with zero attached hydrogens (tertiary/aromatic N) is 1. The van der Waals surface area contributed by atoms with Gasteiger partial charge in [-0.1, -0.05) is 11.6 Å². The third kappa shape index (κ3) is 2.68. The SMILES string of the molecule is COC1CC(Nc2ccc([N+](=O)[O-])c(Cl)c2)C1. The van der Waals surface area contributed by atoms with Crippen LogP contribution in [-0.4, -0.2) is 24.2 Å². The van der Waals surface area contributed by atoms with Crippen molar-refractivity contribution in [3.05, 3.63) is 33.3 Å². The lowest BCUT2D eigenvalue weighted by molar-refractivity contribution is -0.384. The number of rotatable bonds is 4. The summed E-state index contributed by atoms with van der Waals surface area (Å²) in [5, 5.41) is 14.0. The van der Waals surface area contributed by atoms with Crippen LogP contribution in [-0.2, 0) is 4.74 Å². The van der Waals surface area contributed by atoms with Crippen LogP contribution in [0.5, 0.6) is 0 Å². The summed E-state index contributed by atoms with van der Waals surface area (Å²) in [6.07, 6.45) is 2.22. The second-order valence-corrected chi connectivity index (χ2v) is 4.50. The average Bonchev–Trinajstić information content (AvgIpc) is 2.22. The van der Waals surface area contributed by atoms with Crippen LogP contribution in [0.25, 0.3) is 0 Å². The number of anilines is 1. The number of nitrogens with one attached hydrogen (secondary N) is 1. The van der Waals surface area contributed by atoms with E-state index in [9.17, 15) is 10.1 Å². The summed E-state index contributed by atoms with van der Waals surface area (Å²) in [5.74, 6) is 0. The second kappa shape index (κ2) is 4.89. The molecule has 1 saturated carbocycles. The highest BCUT2D eigenvalue weighted by molar-refractivity contribution is 6.32. The minimum atomic E-state index is -0.490. The minimum absolute atomic E-state index is 0.0689. The van der Waals surface area contributed by atoms with Gasteiger partial charge in [0.2, 0.25) is 0 Å². The molecule has 6 heteroatoms. The Labute approximate surface area is 104 Å². The van der Waals surface area contributed by atoms with Gasteiger partial charge in [-0.05, 0) is 25.0 Å². The Morgan fingerprint density at radius 1 is 1.53 bits per heavy atom. The smallest absolute Gasteiger partial charge is 0.288 e. The third-order valence-corrected chi connectivity index (χ3v) is 3.25. The zero-order chi connectivity index (χ0) is 12.4. The molecule has 0 unspecified atom stereocenters. The van der Waals surface area contributed by atoms with Crippen molar-refractivity contribution in [2.24, 2.45) is 0 Å². The molecule has 17 heavy (non-hydrogen) atoms. The molecule has 1 aliphatic carbocycles. The highest BCUT2D eigenvalue weighted by Crippen LogP contribution is 2.30. The highest BCUT2D eigenvalue weighted by atomic mass is 35.5. The van der Waals surface area contributed by atoms with E-state index in [0.29, 0.717) is 12.1 Å². The fraction of sp³-hybridized carbons (Fsp3) is 0.455. The number of benzene rings is 1. The number of nitro benzene ring substituents is 1. The molecule has 1 aromatic rings. The van der Waals surface area contributed by atoms with Gasteiger partial charge in [0.15, 0.2) is 0 Å². The van der Waals surface area contributed by atoms with Crippen molar-refractivity contribution in [1.29, 1.82) is 0 Å². The Morgan fingerprint density at radius 2 is 2.24 bits per heavy atom. The quantitative estimate of drug-likeness (QED) is 0.665. The van der Waals surface area contributed by atoms with E-state index in [-0.39, 0.29) is 10.7 Å².